The summed E-state index contributed by atoms with van der Waals surface area (Å²) in [7, 11) is 0.342. The zero-order chi connectivity index (χ0) is 15.5. The van der Waals surface area contributed by atoms with Crippen LogP contribution in [0.3, 0.4) is 0 Å². The van der Waals surface area contributed by atoms with E-state index in [0.29, 0.717) is 13.2 Å². The van der Waals surface area contributed by atoms with Crippen molar-refractivity contribution < 1.29 is 13.2 Å². The smallest absolute Gasteiger partial charge is 0.218 e. The molecule has 1 heterocycles. The van der Waals surface area contributed by atoms with E-state index in [1.54, 1.807) is 7.05 Å². The lowest BCUT2D eigenvalue weighted by molar-refractivity contribution is -0.0247. The van der Waals surface area contributed by atoms with Crippen molar-refractivity contribution in [2.24, 2.45) is 0 Å². The average molecular weight is 312 g/mol. The Bertz CT molecular complexity index is 557. The topological polar surface area (TPSA) is 49.9 Å². The fraction of sp³-hybridized carbons (Fsp3) is 0.600. The molecule has 1 aliphatic heterocycles. The summed E-state index contributed by atoms with van der Waals surface area (Å²) in [5.41, 5.74) is 1.94. The first-order valence-corrected chi connectivity index (χ1v) is 8.77. The molecule has 0 aliphatic carbocycles. The maximum Gasteiger partial charge on any atom is 0.218 e. The standard InChI is InChI=1S/C15H24N2O3S/c1-13-4-6-14(7-5-13)12-21(18,19)17(3)11-15-10-16(2)8-9-20-15/h4-7,15H,8-12H2,1-3H3. The number of morpholine rings is 1. The first kappa shape index (κ1) is 16.4. The average Bonchev–Trinajstić information content (AvgIpc) is 2.41. The van der Waals surface area contributed by atoms with Crippen molar-refractivity contribution in [1.29, 1.82) is 0 Å². The number of sulfonamides is 1. The predicted molar refractivity (Wildman–Crippen MR) is 83.7 cm³/mol. The lowest BCUT2D eigenvalue weighted by Gasteiger charge is -2.32. The number of aryl methyl sites for hydroxylation is 1. The summed E-state index contributed by atoms with van der Waals surface area (Å²) in [5.74, 6) is 0.0341. The molecule has 5 nitrogen and oxygen atoms in total. The maximum absolute atomic E-state index is 12.4. The number of likely N-dealkylation sites (N-methyl/N-ethyl adjacent to an activating group) is 2. The van der Waals surface area contributed by atoms with Crippen LogP contribution in [-0.4, -0.2) is 64.1 Å². The summed E-state index contributed by atoms with van der Waals surface area (Å²) in [6.45, 7) is 4.72. The van der Waals surface area contributed by atoms with Crippen LogP contribution in [0, 0.1) is 6.92 Å². The molecule has 0 aromatic heterocycles. The molecule has 118 valence electrons. The van der Waals surface area contributed by atoms with Gasteiger partial charge in [0.2, 0.25) is 10.0 Å². The molecular weight excluding hydrogens is 288 g/mol. The molecule has 0 spiro atoms. The van der Waals surface area contributed by atoms with Gasteiger partial charge in [-0.2, -0.15) is 0 Å². The summed E-state index contributed by atoms with van der Waals surface area (Å²) in [6.07, 6.45) is -0.0541. The van der Waals surface area contributed by atoms with Crippen molar-refractivity contribution in [2.75, 3.05) is 40.3 Å². The second kappa shape index (κ2) is 6.87. The largest absolute Gasteiger partial charge is 0.374 e. The SMILES string of the molecule is Cc1ccc(CS(=O)(=O)N(C)CC2CN(C)CCO2)cc1. The first-order valence-electron chi connectivity index (χ1n) is 7.16. The van der Waals surface area contributed by atoms with E-state index in [1.165, 1.54) is 4.31 Å². The van der Waals surface area contributed by atoms with Gasteiger partial charge >= 0.3 is 0 Å². The van der Waals surface area contributed by atoms with Crippen LogP contribution in [0.5, 0.6) is 0 Å². The Morgan fingerprint density at radius 2 is 2.00 bits per heavy atom. The molecule has 6 heteroatoms. The van der Waals surface area contributed by atoms with Gasteiger partial charge in [0, 0.05) is 26.7 Å². The lowest BCUT2D eigenvalue weighted by atomic mass is 10.2. The van der Waals surface area contributed by atoms with E-state index in [1.807, 2.05) is 38.2 Å². The molecule has 0 amide bonds. The molecule has 2 rings (SSSR count). The Labute approximate surface area is 127 Å². The second-order valence-electron chi connectivity index (χ2n) is 5.78. The van der Waals surface area contributed by atoms with Crippen LogP contribution < -0.4 is 0 Å². The number of ether oxygens (including phenoxy) is 1. The van der Waals surface area contributed by atoms with Crippen LogP contribution in [0.25, 0.3) is 0 Å². The Morgan fingerprint density at radius 3 is 2.62 bits per heavy atom. The summed E-state index contributed by atoms with van der Waals surface area (Å²) < 4.78 is 31.8. The minimum atomic E-state index is -3.31. The molecule has 0 radical (unpaired) electrons. The Balaban J connectivity index is 1.96. The van der Waals surface area contributed by atoms with Gasteiger partial charge in [0.15, 0.2) is 0 Å². The highest BCUT2D eigenvalue weighted by Crippen LogP contribution is 2.13. The fourth-order valence-electron chi connectivity index (χ4n) is 2.38. The molecule has 1 unspecified atom stereocenters. The van der Waals surface area contributed by atoms with E-state index >= 15 is 0 Å². The third-order valence-electron chi connectivity index (χ3n) is 3.75. The van der Waals surface area contributed by atoms with Crippen LogP contribution in [0.2, 0.25) is 0 Å². The third kappa shape index (κ3) is 4.78. The van der Waals surface area contributed by atoms with E-state index in [4.69, 9.17) is 4.74 Å². The fourth-order valence-corrected chi connectivity index (χ4v) is 3.61. The molecule has 0 saturated carbocycles. The van der Waals surface area contributed by atoms with Crippen LogP contribution >= 0.6 is 0 Å². The summed E-state index contributed by atoms with van der Waals surface area (Å²) in [6, 6.07) is 7.60. The van der Waals surface area contributed by atoms with Crippen molar-refractivity contribution in [2.45, 2.75) is 18.8 Å². The third-order valence-corrected chi connectivity index (χ3v) is 5.54. The van der Waals surface area contributed by atoms with E-state index in [9.17, 15) is 8.42 Å². The Hall–Kier alpha value is -0.950. The number of benzene rings is 1. The van der Waals surface area contributed by atoms with Gasteiger partial charge in [-0.05, 0) is 19.5 Å². The second-order valence-corrected chi connectivity index (χ2v) is 7.85. The number of rotatable bonds is 5. The summed E-state index contributed by atoms with van der Waals surface area (Å²) >= 11 is 0. The van der Waals surface area contributed by atoms with Gasteiger partial charge in [-0.3, -0.25) is 0 Å². The van der Waals surface area contributed by atoms with Gasteiger partial charge < -0.3 is 9.64 Å². The van der Waals surface area contributed by atoms with Crippen molar-refractivity contribution in [1.82, 2.24) is 9.21 Å². The predicted octanol–water partition coefficient (Wildman–Crippen LogP) is 1.09. The highest BCUT2D eigenvalue weighted by Gasteiger charge is 2.25. The number of hydrogen-bond acceptors (Lipinski definition) is 4. The monoisotopic (exact) mass is 312 g/mol. The van der Waals surface area contributed by atoms with Crippen molar-refractivity contribution in [3.05, 3.63) is 35.4 Å². The molecule has 1 fully saturated rings. The van der Waals surface area contributed by atoms with E-state index in [0.717, 1.165) is 24.2 Å². The van der Waals surface area contributed by atoms with Gasteiger partial charge in [0.05, 0.1) is 18.5 Å². The molecule has 1 saturated heterocycles. The Morgan fingerprint density at radius 1 is 1.33 bits per heavy atom. The number of hydrogen-bond donors (Lipinski definition) is 0. The molecular formula is C15H24N2O3S. The maximum atomic E-state index is 12.4. The molecule has 0 bridgehead atoms. The first-order chi connectivity index (χ1) is 9.87. The highest BCUT2D eigenvalue weighted by molar-refractivity contribution is 7.88. The van der Waals surface area contributed by atoms with Crippen molar-refractivity contribution >= 4 is 10.0 Å². The van der Waals surface area contributed by atoms with E-state index in [2.05, 4.69) is 4.90 Å². The van der Waals surface area contributed by atoms with Gasteiger partial charge in [-0.1, -0.05) is 29.8 Å². The minimum Gasteiger partial charge on any atom is -0.374 e. The number of nitrogens with zero attached hydrogens (tertiary/aromatic N) is 2. The van der Waals surface area contributed by atoms with Crippen LogP contribution in [0.4, 0.5) is 0 Å². The van der Waals surface area contributed by atoms with Gasteiger partial charge in [0.1, 0.15) is 0 Å². The molecule has 21 heavy (non-hydrogen) atoms. The van der Waals surface area contributed by atoms with Crippen molar-refractivity contribution in [3.8, 4) is 0 Å². The van der Waals surface area contributed by atoms with Gasteiger partial charge in [0.25, 0.3) is 0 Å². The zero-order valence-corrected chi connectivity index (χ0v) is 13.8. The van der Waals surface area contributed by atoms with Gasteiger partial charge in [-0.15, -0.1) is 0 Å². The lowest BCUT2D eigenvalue weighted by Crippen LogP contribution is -2.46. The van der Waals surface area contributed by atoms with Crippen molar-refractivity contribution in [3.63, 3.8) is 0 Å². The van der Waals surface area contributed by atoms with E-state index in [-0.39, 0.29) is 11.9 Å². The van der Waals surface area contributed by atoms with E-state index < -0.39 is 10.0 Å². The molecule has 1 aliphatic rings. The normalized spacial score (nSPS) is 20.9. The Kier molecular flexibility index (Phi) is 5.37. The molecule has 1 aromatic carbocycles. The zero-order valence-electron chi connectivity index (χ0n) is 12.9. The van der Waals surface area contributed by atoms with Gasteiger partial charge in [-0.25, -0.2) is 12.7 Å². The van der Waals surface area contributed by atoms with Crippen LogP contribution in [0.1, 0.15) is 11.1 Å². The molecule has 1 atom stereocenters. The summed E-state index contributed by atoms with van der Waals surface area (Å²) in [5, 5.41) is 0. The quantitative estimate of drug-likeness (QED) is 0.816. The van der Waals surface area contributed by atoms with Crippen LogP contribution in [-0.2, 0) is 20.5 Å². The van der Waals surface area contributed by atoms with Crippen LogP contribution in [0.15, 0.2) is 24.3 Å². The summed E-state index contributed by atoms with van der Waals surface area (Å²) in [4.78, 5) is 2.16. The highest BCUT2D eigenvalue weighted by atomic mass is 32.2. The minimum absolute atomic E-state index is 0.0341. The molecule has 1 aromatic rings. The molecule has 0 N–H and O–H groups in total.